The summed E-state index contributed by atoms with van der Waals surface area (Å²) in [6.45, 7) is 9.43. The van der Waals surface area contributed by atoms with Crippen molar-refractivity contribution in [1.29, 1.82) is 0 Å². The summed E-state index contributed by atoms with van der Waals surface area (Å²) in [7, 11) is 0. The topological polar surface area (TPSA) is 119 Å². The van der Waals surface area contributed by atoms with E-state index in [1.807, 2.05) is 6.92 Å². The van der Waals surface area contributed by atoms with E-state index in [4.69, 9.17) is 15.2 Å². The number of aliphatic hydroxyl groups excluding tert-OH is 2. The number of ether oxygens (including phenoxy) is 2. The lowest BCUT2D eigenvalue weighted by molar-refractivity contribution is -0.150. The van der Waals surface area contributed by atoms with Gasteiger partial charge in [-0.25, -0.2) is 0 Å². The second-order valence-electron chi connectivity index (χ2n) is 14.7. The van der Waals surface area contributed by atoms with E-state index in [2.05, 4.69) is 62.4 Å². The molecule has 0 aliphatic carbocycles. The van der Waals surface area contributed by atoms with E-state index in [9.17, 15) is 19.8 Å². The van der Waals surface area contributed by atoms with Crippen LogP contribution in [0.1, 0.15) is 156 Å². The Morgan fingerprint density at radius 3 is 1.24 bits per heavy atom. The van der Waals surface area contributed by atoms with Gasteiger partial charge >= 0.3 is 11.9 Å². The molecule has 7 heteroatoms. The van der Waals surface area contributed by atoms with E-state index in [-0.39, 0.29) is 52.6 Å². The summed E-state index contributed by atoms with van der Waals surface area (Å²) in [5.41, 5.74) is 9.89. The van der Waals surface area contributed by atoms with Gasteiger partial charge in [0.2, 0.25) is 0 Å². The van der Waals surface area contributed by atoms with Gasteiger partial charge in [0, 0.05) is 20.7 Å². The summed E-state index contributed by atoms with van der Waals surface area (Å²) in [6.07, 6.45) is 21.2. The van der Waals surface area contributed by atoms with Gasteiger partial charge in [0.15, 0.2) is 0 Å². The number of aryl methyl sites for hydroxylation is 4. The van der Waals surface area contributed by atoms with Gasteiger partial charge in [0.25, 0.3) is 0 Å². The molecular formula is C44H77NO6. The van der Waals surface area contributed by atoms with Gasteiger partial charge in [0.05, 0.1) is 32.0 Å². The number of aliphatic hydroxyl groups is 2. The molecule has 0 spiro atoms. The van der Waals surface area contributed by atoms with Gasteiger partial charge < -0.3 is 25.4 Å². The second kappa shape index (κ2) is 28.8. The lowest BCUT2D eigenvalue weighted by atomic mass is 9.85. The molecule has 0 aromatic heterocycles. The molecule has 0 saturated carbocycles. The third-order valence-electron chi connectivity index (χ3n) is 9.49. The Morgan fingerprint density at radius 1 is 0.588 bits per heavy atom. The number of carbonyl (C=O) groups excluding carboxylic acids is 2. The van der Waals surface area contributed by atoms with Crippen LogP contribution in [-0.2, 0) is 44.7 Å². The van der Waals surface area contributed by atoms with Crippen molar-refractivity contribution in [2.75, 3.05) is 26.4 Å². The van der Waals surface area contributed by atoms with E-state index >= 15 is 0 Å². The predicted octanol–water partition coefficient (Wildman–Crippen LogP) is 9.74. The zero-order valence-electron chi connectivity index (χ0n) is 32.3. The molecule has 51 heavy (non-hydrogen) atoms. The number of rotatable bonds is 26. The molecule has 0 aliphatic heterocycles. The van der Waals surface area contributed by atoms with Crippen LogP contribution >= 0.6 is 0 Å². The summed E-state index contributed by atoms with van der Waals surface area (Å²) in [6, 6.07) is 17.5. The molecule has 0 bridgehead atoms. The molecule has 4 N–H and O–H groups in total. The third kappa shape index (κ3) is 24.2. The molecule has 2 rings (SSSR count). The van der Waals surface area contributed by atoms with Crippen LogP contribution in [0.5, 0.6) is 0 Å². The van der Waals surface area contributed by atoms with E-state index in [1.165, 1.54) is 113 Å². The van der Waals surface area contributed by atoms with Crippen LogP contribution in [0.4, 0.5) is 0 Å². The van der Waals surface area contributed by atoms with E-state index in [0.29, 0.717) is 6.42 Å². The monoisotopic (exact) mass is 717 g/mol. The average Bonchev–Trinajstić information content (AvgIpc) is 3.12. The Kier molecular flexibility index (Phi) is 27.3. The van der Waals surface area contributed by atoms with E-state index in [1.54, 1.807) is 0 Å². The minimum absolute atomic E-state index is 0. The fourth-order valence-corrected chi connectivity index (χ4v) is 5.75. The molecular weight excluding hydrogens is 638 g/mol. The van der Waals surface area contributed by atoms with Gasteiger partial charge in [0.1, 0.15) is 0 Å². The first-order valence-corrected chi connectivity index (χ1v) is 19.4. The Morgan fingerprint density at radius 2 is 0.902 bits per heavy atom. The number of hydrogen-bond acceptors (Lipinski definition) is 7. The maximum Gasteiger partial charge on any atom is 0.302 e. The first-order valence-electron chi connectivity index (χ1n) is 19.4. The standard InChI is InChI=1S/C24H38O4.C19H33NO2.CH4.H2/c1-5-6-7-8-9-10-11-22-12-14-23(15-13-22)16-17-24(4,18-27-20(2)25)19-28-21(3)26;1-2-3-4-5-6-7-8-17-9-11-18(12-10-17)13-14-19(20,15-21)16-22;;/h12-15H,5-11,16-19H2,1-4H3;9-12,21-22H,2-8,13-16,20H2,1H3;1H4;1H/i;;;1+1. The van der Waals surface area contributed by atoms with E-state index in [0.717, 1.165) is 32.1 Å². The number of benzene rings is 2. The largest absolute Gasteiger partial charge is 0.465 e. The minimum atomic E-state index is -0.864. The van der Waals surface area contributed by atoms with Crippen molar-refractivity contribution < 1.29 is 30.7 Å². The lowest BCUT2D eigenvalue weighted by Gasteiger charge is -2.28. The summed E-state index contributed by atoms with van der Waals surface area (Å²) in [5, 5.41) is 18.4. The molecule has 2 aromatic rings. The number of nitrogens with two attached hydrogens (primary N) is 1. The van der Waals surface area contributed by atoms with Gasteiger partial charge in [-0.15, -0.1) is 0 Å². The lowest BCUT2D eigenvalue weighted by Crippen LogP contribution is -2.47. The number of unbranched alkanes of at least 4 members (excludes halogenated alkanes) is 10. The van der Waals surface area contributed by atoms with Crippen molar-refractivity contribution in [3.05, 3.63) is 70.8 Å². The zero-order chi connectivity index (χ0) is 37.1. The van der Waals surface area contributed by atoms with Crippen molar-refractivity contribution in [2.24, 2.45) is 11.1 Å². The molecule has 0 fully saturated rings. The molecule has 294 valence electrons. The second-order valence-corrected chi connectivity index (χ2v) is 14.7. The predicted molar refractivity (Wildman–Crippen MR) is 215 cm³/mol. The summed E-state index contributed by atoms with van der Waals surface area (Å²) < 4.78 is 10.4. The van der Waals surface area contributed by atoms with Crippen LogP contribution in [0.15, 0.2) is 48.5 Å². The molecule has 2 aromatic carbocycles. The summed E-state index contributed by atoms with van der Waals surface area (Å²) >= 11 is 0. The van der Waals surface area contributed by atoms with Crippen molar-refractivity contribution in [2.45, 2.75) is 163 Å². The van der Waals surface area contributed by atoms with Crippen molar-refractivity contribution >= 4 is 11.9 Å². The fraction of sp³-hybridized carbons (Fsp3) is 0.682. The maximum atomic E-state index is 11.2. The minimum Gasteiger partial charge on any atom is -0.465 e. The van der Waals surface area contributed by atoms with Crippen LogP contribution < -0.4 is 5.73 Å². The Balaban J connectivity index is 0. The highest BCUT2D eigenvalue weighted by Crippen LogP contribution is 2.26. The smallest absolute Gasteiger partial charge is 0.302 e. The first kappa shape index (κ1) is 48.3. The van der Waals surface area contributed by atoms with Crippen LogP contribution in [0.3, 0.4) is 0 Å². The van der Waals surface area contributed by atoms with Gasteiger partial charge in [-0.05, 0) is 73.6 Å². The normalized spacial score (nSPS) is 11.3. The summed E-state index contributed by atoms with van der Waals surface area (Å²) in [4.78, 5) is 22.3. The van der Waals surface area contributed by atoms with Gasteiger partial charge in [-0.2, -0.15) is 0 Å². The quantitative estimate of drug-likeness (QED) is 0.0655. The van der Waals surface area contributed by atoms with E-state index < -0.39 is 5.54 Å². The number of carbonyl (C=O) groups is 2. The maximum absolute atomic E-state index is 11.2. The highest BCUT2D eigenvalue weighted by atomic mass is 16.5. The molecule has 0 atom stereocenters. The molecule has 0 heterocycles. The van der Waals surface area contributed by atoms with Crippen molar-refractivity contribution in [3.63, 3.8) is 0 Å². The SMILES string of the molecule is C.CCCCCCCCc1ccc(CCC(C)(COC(C)=O)COC(C)=O)cc1.CCCCCCCCc1ccc(CCC(N)(CO)CO)cc1.[2HH]. The Bertz CT molecular complexity index is 1130. The van der Waals surface area contributed by atoms with Gasteiger partial charge in [-0.1, -0.05) is 141 Å². The molecule has 0 unspecified atom stereocenters. The first-order chi connectivity index (χ1) is 24.0. The number of esters is 2. The van der Waals surface area contributed by atoms with Crippen molar-refractivity contribution in [3.8, 4) is 0 Å². The number of hydrogen-bond donors (Lipinski definition) is 3. The highest BCUT2D eigenvalue weighted by Gasteiger charge is 2.27. The molecule has 0 amide bonds. The highest BCUT2D eigenvalue weighted by molar-refractivity contribution is 5.66. The third-order valence-corrected chi connectivity index (χ3v) is 9.49. The average molecular weight is 717 g/mol. The van der Waals surface area contributed by atoms with Crippen LogP contribution in [0.25, 0.3) is 0 Å². The zero-order valence-corrected chi connectivity index (χ0v) is 32.3. The molecule has 0 radical (unpaired) electrons. The summed E-state index contributed by atoms with van der Waals surface area (Å²) in [5.74, 6) is -0.624. The molecule has 7 nitrogen and oxygen atoms in total. The molecule has 0 aliphatic rings. The van der Waals surface area contributed by atoms with Gasteiger partial charge in [-0.3, -0.25) is 9.59 Å². The van der Waals surface area contributed by atoms with Crippen LogP contribution in [0, 0.1) is 5.41 Å². The Labute approximate surface area is 313 Å². The van der Waals surface area contributed by atoms with Crippen LogP contribution in [-0.4, -0.2) is 54.1 Å². The van der Waals surface area contributed by atoms with Crippen LogP contribution in [0.2, 0.25) is 0 Å². The van der Waals surface area contributed by atoms with Crippen molar-refractivity contribution in [1.82, 2.24) is 0 Å². The Hall–Kier alpha value is -2.74. The molecule has 0 saturated heterocycles. The fourth-order valence-electron chi connectivity index (χ4n) is 5.75.